The Morgan fingerprint density at radius 1 is 1.50 bits per heavy atom. The summed E-state index contributed by atoms with van der Waals surface area (Å²) in [5.74, 6) is 0.720. The Morgan fingerprint density at radius 2 is 2.35 bits per heavy atom. The fourth-order valence-electron chi connectivity index (χ4n) is 4.16. The van der Waals surface area contributed by atoms with Crippen molar-refractivity contribution < 1.29 is 4.74 Å². The van der Waals surface area contributed by atoms with Crippen molar-refractivity contribution in [2.45, 2.75) is 64.6 Å². The standard InChI is InChI=1S/C17H27NOS/c1-4-7-13(14-9-6-11-20-14)18-15-12-8-5-10-19-16(12)17(15,2)3/h6,9,11-13,15-16,18H,4-5,7-8,10H2,1-3H3. The van der Waals surface area contributed by atoms with E-state index in [1.165, 1.54) is 30.6 Å². The topological polar surface area (TPSA) is 21.3 Å². The minimum Gasteiger partial charge on any atom is -0.377 e. The number of rotatable bonds is 5. The van der Waals surface area contributed by atoms with Crippen LogP contribution in [0, 0.1) is 11.3 Å². The van der Waals surface area contributed by atoms with Crippen LogP contribution in [0.2, 0.25) is 0 Å². The highest BCUT2D eigenvalue weighted by atomic mass is 32.1. The predicted molar refractivity (Wildman–Crippen MR) is 85.1 cm³/mol. The highest BCUT2D eigenvalue weighted by Crippen LogP contribution is 2.52. The molecule has 1 aliphatic carbocycles. The summed E-state index contributed by atoms with van der Waals surface area (Å²) < 4.78 is 6.02. The summed E-state index contributed by atoms with van der Waals surface area (Å²) in [6.07, 6.45) is 5.49. The van der Waals surface area contributed by atoms with Crippen molar-refractivity contribution in [3.63, 3.8) is 0 Å². The lowest BCUT2D eigenvalue weighted by atomic mass is 9.55. The maximum atomic E-state index is 6.02. The van der Waals surface area contributed by atoms with Crippen molar-refractivity contribution in [3.05, 3.63) is 22.4 Å². The van der Waals surface area contributed by atoms with Gasteiger partial charge in [-0.05, 0) is 30.7 Å². The Balaban J connectivity index is 1.72. The Labute approximate surface area is 126 Å². The lowest BCUT2D eigenvalue weighted by molar-refractivity contribution is -0.194. The normalized spacial score (nSPS) is 33.2. The first-order chi connectivity index (χ1) is 9.64. The zero-order valence-corrected chi connectivity index (χ0v) is 13.7. The Hall–Kier alpha value is -0.380. The van der Waals surface area contributed by atoms with Gasteiger partial charge < -0.3 is 10.1 Å². The van der Waals surface area contributed by atoms with Crippen LogP contribution in [0.5, 0.6) is 0 Å². The molecular weight excluding hydrogens is 266 g/mol. The monoisotopic (exact) mass is 293 g/mol. The fourth-order valence-corrected chi connectivity index (χ4v) is 4.99. The van der Waals surface area contributed by atoms with Crippen LogP contribution in [0.15, 0.2) is 17.5 Å². The van der Waals surface area contributed by atoms with E-state index in [-0.39, 0.29) is 5.41 Å². The summed E-state index contributed by atoms with van der Waals surface area (Å²) in [4.78, 5) is 1.49. The Morgan fingerprint density at radius 3 is 3.05 bits per heavy atom. The van der Waals surface area contributed by atoms with Crippen LogP contribution < -0.4 is 5.32 Å². The van der Waals surface area contributed by atoms with Gasteiger partial charge in [0.1, 0.15) is 0 Å². The molecule has 2 heterocycles. The molecule has 0 aromatic carbocycles. The summed E-state index contributed by atoms with van der Waals surface area (Å²) >= 11 is 1.88. The first-order valence-corrected chi connectivity index (χ1v) is 8.93. The van der Waals surface area contributed by atoms with Crippen LogP contribution >= 0.6 is 11.3 Å². The van der Waals surface area contributed by atoms with Gasteiger partial charge in [0.15, 0.2) is 0 Å². The van der Waals surface area contributed by atoms with E-state index in [4.69, 9.17) is 4.74 Å². The predicted octanol–water partition coefficient (Wildman–Crippen LogP) is 4.38. The molecule has 2 nitrogen and oxygen atoms in total. The first-order valence-electron chi connectivity index (χ1n) is 8.05. The average molecular weight is 293 g/mol. The van der Waals surface area contributed by atoms with E-state index in [1.54, 1.807) is 0 Å². The van der Waals surface area contributed by atoms with Crippen LogP contribution in [-0.4, -0.2) is 18.8 Å². The molecule has 0 amide bonds. The molecule has 0 bridgehead atoms. The number of ether oxygens (including phenoxy) is 1. The van der Waals surface area contributed by atoms with Crippen molar-refractivity contribution in [2.75, 3.05) is 6.61 Å². The quantitative estimate of drug-likeness (QED) is 0.869. The largest absolute Gasteiger partial charge is 0.377 e. The molecular formula is C17H27NOS. The van der Waals surface area contributed by atoms with Gasteiger partial charge in [0, 0.05) is 34.9 Å². The van der Waals surface area contributed by atoms with Gasteiger partial charge in [-0.1, -0.05) is 33.3 Å². The van der Waals surface area contributed by atoms with Crippen molar-refractivity contribution in [3.8, 4) is 0 Å². The lowest BCUT2D eigenvalue weighted by Crippen LogP contribution is -2.69. The van der Waals surface area contributed by atoms with E-state index in [0.717, 1.165) is 12.5 Å². The van der Waals surface area contributed by atoms with E-state index < -0.39 is 0 Å². The van der Waals surface area contributed by atoms with E-state index >= 15 is 0 Å². The summed E-state index contributed by atoms with van der Waals surface area (Å²) in [5, 5.41) is 6.17. The van der Waals surface area contributed by atoms with Crippen LogP contribution in [0.4, 0.5) is 0 Å². The van der Waals surface area contributed by atoms with Gasteiger partial charge in [-0.3, -0.25) is 0 Å². The van der Waals surface area contributed by atoms with Crippen molar-refractivity contribution in [1.29, 1.82) is 0 Å². The molecule has 4 unspecified atom stereocenters. The molecule has 20 heavy (non-hydrogen) atoms. The van der Waals surface area contributed by atoms with Crippen molar-refractivity contribution in [2.24, 2.45) is 11.3 Å². The van der Waals surface area contributed by atoms with Crippen LogP contribution in [0.25, 0.3) is 0 Å². The molecule has 3 heteroatoms. The van der Waals surface area contributed by atoms with Gasteiger partial charge in [-0.15, -0.1) is 11.3 Å². The van der Waals surface area contributed by atoms with Crippen molar-refractivity contribution >= 4 is 11.3 Å². The fraction of sp³-hybridized carbons (Fsp3) is 0.765. The molecule has 1 aliphatic heterocycles. The van der Waals surface area contributed by atoms with Gasteiger partial charge in [0.2, 0.25) is 0 Å². The number of hydrogen-bond acceptors (Lipinski definition) is 3. The number of thiophene rings is 1. The van der Waals surface area contributed by atoms with Gasteiger partial charge in [0.05, 0.1) is 6.10 Å². The zero-order valence-electron chi connectivity index (χ0n) is 12.9. The molecule has 0 radical (unpaired) electrons. The van der Waals surface area contributed by atoms with Gasteiger partial charge in [-0.2, -0.15) is 0 Å². The smallest absolute Gasteiger partial charge is 0.0684 e. The molecule has 3 rings (SSSR count). The van der Waals surface area contributed by atoms with Crippen molar-refractivity contribution in [1.82, 2.24) is 5.32 Å². The minimum absolute atomic E-state index is 0.272. The maximum absolute atomic E-state index is 6.02. The summed E-state index contributed by atoms with van der Waals surface area (Å²) in [6, 6.07) is 5.57. The van der Waals surface area contributed by atoms with E-state index in [0.29, 0.717) is 18.2 Å². The molecule has 1 N–H and O–H groups in total. The summed E-state index contributed by atoms with van der Waals surface area (Å²) in [6.45, 7) is 7.98. The summed E-state index contributed by atoms with van der Waals surface area (Å²) in [7, 11) is 0. The molecule has 112 valence electrons. The average Bonchev–Trinajstić information content (AvgIpc) is 2.97. The molecule has 4 atom stereocenters. The number of fused-ring (bicyclic) bond motifs is 1. The summed E-state index contributed by atoms with van der Waals surface area (Å²) in [5.41, 5.74) is 0.272. The third-order valence-corrected chi connectivity index (χ3v) is 6.16. The number of nitrogens with one attached hydrogen (secondary N) is 1. The Kier molecular flexibility index (Phi) is 4.21. The van der Waals surface area contributed by atoms with E-state index in [2.05, 4.69) is 43.6 Å². The molecule has 1 saturated heterocycles. The molecule has 2 aliphatic rings. The molecule has 1 aromatic heterocycles. The SMILES string of the molecule is CCCC(NC1C2CCCOC2C1(C)C)c1cccs1. The lowest BCUT2D eigenvalue weighted by Gasteiger charge is -2.60. The highest BCUT2D eigenvalue weighted by Gasteiger charge is 2.58. The van der Waals surface area contributed by atoms with E-state index in [1.807, 2.05) is 11.3 Å². The first kappa shape index (κ1) is 14.6. The van der Waals surface area contributed by atoms with Gasteiger partial charge in [0.25, 0.3) is 0 Å². The second-order valence-corrected chi connectivity index (χ2v) is 7.90. The molecule has 1 aromatic rings. The second kappa shape index (κ2) is 5.78. The third-order valence-electron chi connectivity index (χ3n) is 5.18. The van der Waals surface area contributed by atoms with Gasteiger partial charge in [-0.25, -0.2) is 0 Å². The third kappa shape index (κ3) is 2.44. The highest BCUT2D eigenvalue weighted by molar-refractivity contribution is 7.10. The second-order valence-electron chi connectivity index (χ2n) is 6.92. The molecule has 0 spiro atoms. The number of hydrogen-bond donors (Lipinski definition) is 1. The minimum atomic E-state index is 0.272. The molecule has 2 fully saturated rings. The van der Waals surface area contributed by atoms with Crippen LogP contribution in [-0.2, 0) is 4.74 Å². The van der Waals surface area contributed by atoms with Crippen LogP contribution in [0.3, 0.4) is 0 Å². The maximum Gasteiger partial charge on any atom is 0.0684 e. The van der Waals surface area contributed by atoms with Gasteiger partial charge >= 0.3 is 0 Å². The Bertz CT molecular complexity index is 428. The van der Waals surface area contributed by atoms with Crippen LogP contribution in [0.1, 0.15) is 57.4 Å². The van der Waals surface area contributed by atoms with E-state index in [9.17, 15) is 0 Å². The molecule has 1 saturated carbocycles. The zero-order chi connectivity index (χ0) is 14.2.